The highest BCUT2D eigenvalue weighted by atomic mass is 32.2. The maximum atomic E-state index is 13.9. The van der Waals surface area contributed by atoms with E-state index in [1.807, 2.05) is 30.3 Å². The summed E-state index contributed by atoms with van der Waals surface area (Å²) in [5, 5.41) is -1.75. The largest absolute Gasteiger partial charge is 0.459 e. The molecule has 7 atom stereocenters. The Morgan fingerprint density at radius 2 is 1.41 bits per heavy atom. The van der Waals surface area contributed by atoms with Gasteiger partial charge in [0.2, 0.25) is 10.0 Å². The zero-order chi connectivity index (χ0) is 26.5. The van der Waals surface area contributed by atoms with Crippen molar-refractivity contribution in [3.05, 3.63) is 101 Å². The fourth-order valence-electron chi connectivity index (χ4n) is 7.64. The van der Waals surface area contributed by atoms with E-state index in [-0.39, 0.29) is 29.0 Å². The van der Waals surface area contributed by atoms with Crippen LogP contribution in [0.4, 0.5) is 0 Å². The van der Waals surface area contributed by atoms with Crippen molar-refractivity contribution in [3.63, 3.8) is 0 Å². The van der Waals surface area contributed by atoms with Gasteiger partial charge in [-0.05, 0) is 40.8 Å². The average Bonchev–Trinajstić information content (AvgIpc) is 3.56. The second-order valence-electron chi connectivity index (χ2n) is 11.0. The Morgan fingerprint density at radius 1 is 0.795 bits per heavy atom. The summed E-state index contributed by atoms with van der Waals surface area (Å²) < 4.78 is 40.7. The van der Waals surface area contributed by atoms with Crippen LogP contribution in [0.1, 0.15) is 40.5 Å². The third-order valence-corrected chi connectivity index (χ3v) is 13.0. The standard InChI is InChI=1S/C30H25NO6S2/c32-29(21-14-20-16-10-4-6-12-18(16)22(21)19-13-7-5-11-17(19)20)37-25-24-27-28(39(34,35)31-24)23(26(25)38-27)30(33)36-15-8-2-1-3-9-15/h1-13,20-28,31H,14H2. The lowest BCUT2D eigenvalue weighted by Crippen LogP contribution is -2.52. The lowest BCUT2D eigenvalue weighted by molar-refractivity contribution is -0.159. The molecule has 0 saturated carbocycles. The second-order valence-corrected chi connectivity index (χ2v) is 14.2. The van der Waals surface area contributed by atoms with E-state index in [1.165, 1.54) is 22.9 Å². The van der Waals surface area contributed by atoms with E-state index in [4.69, 9.17) is 9.47 Å². The monoisotopic (exact) mass is 559 g/mol. The highest BCUT2D eigenvalue weighted by Gasteiger charge is 2.72. The Kier molecular flexibility index (Phi) is 5.13. The zero-order valence-electron chi connectivity index (χ0n) is 20.7. The van der Waals surface area contributed by atoms with Gasteiger partial charge in [-0.2, -0.15) is 0 Å². The van der Waals surface area contributed by atoms with Gasteiger partial charge in [-0.3, -0.25) is 9.59 Å². The van der Waals surface area contributed by atoms with E-state index in [1.54, 1.807) is 24.3 Å². The smallest absolute Gasteiger partial charge is 0.317 e. The van der Waals surface area contributed by atoms with Gasteiger partial charge in [0, 0.05) is 17.1 Å². The molecule has 3 aliphatic carbocycles. The SMILES string of the molecule is O=C(OC1C2NS(=O)(=O)C3C2SC1C3C(=O)Oc1ccccc1)C1CC2c3ccccc3C1c1ccccc12. The maximum absolute atomic E-state index is 13.9. The molecule has 0 aromatic heterocycles. The molecule has 9 heteroatoms. The zero-order valence-corrected chi connectivity index (χ0v) is 22.3. The normalized spacial score (nSPS) is 35.7. The molecule has 3 fully saturated rings. The molecule has 3 aliphatic heterocycles. The van der Waals surface area contributed by atoms with Crippen molar-refractivity contribution in [2.75, 3.05) is 0 Å². The summed E-state index contributed by atoms with van der Waals surface area (Å²) in [5.74, 6) is -1.88. The van der Waals surface area contributed by atoms with Crippen LogP contribution in [-0.4, -0.2) is 48.3 Å². The van der Waals surface area contributed by atoms with Gasteiger partial charge >= 0.3 is 11.9 Å². The quantitative estimate of drug-likeness (QED) is 0.385. The van der Waals surface area contributed by atoms with Crippen molar-refractivity contribution < 1.29 is 27.5 Å². The van der Waals surface area contributed by atoms with Crippen molar-refractivity contribution >= 4 is 33.7 Å². The van der Waals surface area contributed by atoms with Gasteiger partial charge in [0.1, 0.15) is 17.1 Å². The van der Waals surface area contributed by atoms with E-state index in [2.05, 4.69) is 29.0 Å². The van der Waals surface area contributed by atoms with Crippen LogP contribution < -0.4 is 9.46 Å². The van der Waals surface area contributed by atoms with E-state index in [0.717, 1.165) is 11.1 Å². The number of hydrogen-bond acceptors (Lipinski definition) is 7. The summed E-state index contributed by atoms with van der Waals surface area (Å²) >= 11 is 1.43. The molecule has 4 bridgehead atoms. The molecule has 7 unspecified atom stereocenters. The number of nitrogens with one attached hydrogen (secondary N) is 1. The van der Waals surface area contributed by atoms with Crippen LogP contribution in [0, 0.1) is 11.8 Å². The minimum Gasteiger partial charge on any atom is -0.459 e. The van der Waals surface area contributed by atoms with E-state index in [0.29, 0.717) is 12.2 Å². The second kappa shape index (κ2) is 8.43. The van der Waals surface area contributed by atoms with Crippen LogP contribution in [0.2, 0.25) is 0 Å². The first-order valence-corrected chi connectivity index (χ1v) is 15.7. The fourth-order valence-corrected chi connectivity index (χ4v) is 12.4. The number of fused-ring (bicyclic) bond motifs is 2. The van der Waals surface area contributed by atoms with Crippen LogP contribution in [0.5, 0.6) is 5.75 Å². The lowest BCUT2D eigenvalue weighted by Gasteiger charge is -2.44. The molecule has 0 radical (unpaired) electrons. The van der Waals surface area contributed by atoms with Gasteiger partial charge in [0.15, 0.2) is 0 Å². The minimum absolute atomic E-state index is 0.109. The summed E-state index contributed by atoms with van der Waals surface area (Å²) in [6.07, 6.45) is -0.0930. The number of sulfonamides is 1. The molecule has 3 saturated heterocycles. The Morgan fingerprint density at radius 3 is 2.08 bits per heavy atom. The third-order valence-electron chi connectivity index (χ3n) is 9.13. The van der Waals surface area contributed by atoms with Gasteiger partial charge in [0.05, 0.1) is 23.1 Å². The minimum atomic E-state index is -3.76. The van der Waals surface area contributed by atoms with Crippen molar-refractivity contribution in [2.45, 2.75) is 46.2 Å². The number of esters is 2. The Labute approximate surface area is 230 Å². The maximum Gasteiger partial charge on any atom is 0.317 e. The van der Waals surface area contributed by atoms with Crippen LogP contribution in [0.15, 0.2) is 78.9 Å². The number of ether oxygens (including phenoxy) is 2. The van der Waals surface area contributed by atoms with Crippen LogP contribution in [0.25, 0.3) is 0 Å². The Balaban J connectivity index is 1.10. The van der Waals surface area contributed by atoms with Gasteiger partial charge in [-0.25, -0.2) is 13.1 Å². The number of carbonyl (C=O) groups excluding carboxylic acids is 2. The van der Waals surface area contributed by atoms with Crippen molar-refractivity contribution in [1.29, 1.82) is 0 Å². The predicted molar refractivity (Wildman–Crippen MR) is 145 cm³/mol. The van der Waals surface area contributed by atoms with Crippen molar-refractivity contribution in [1.82, 2.24) is 4.72 Å². The molecular weight excluding hydrogens is 534 g/mol. The molecule has 198 valence electrons. The molecule has 7 nitrogen and oxygen atoms in total. The molecule has 6 aliphatic rings. The van der Waals surface area contributed by atoms with Gasteiger partial charge in [-0.1, -0.05) is 66.7 Å². The van der Waals surface area contributed by atoms with Gasteiger partial charge in [-0.15, -0.1) is 11.8 Å². The van der Waals surface area contributed by atoms with Gasteiger partial charge < -0.3 is 9.47 Å². The first-order valence-electron chi connectivity index (χ1n) is 13.2. The summed E-state index contributed by atoms with van der Waals surface area (Å²) in [4.78, 5) is 27.2. The highest BCUT2D eigenvalue weighted by Crippen LogP contribution is 2.59. The third kappa shape index (κ3) is 3.36. The molecule has 1 N–H and O–H groups in total. The van der Waals surface area contributed by atoms with Crippen LogP contribution >= 0.6 is 11.8 Å². The molecule has 0 spiro atoms. The van der Waals surface area contributed by atoms with E-state index >= 15 is 0 Å². The number of carbonyl (C=O) groups is 2. The lowest BCUT2D eigenvalue weighted by atomic mass is 9.59. The topological polar surface area (TPSA) is 98.8 Å². The first-order chi connectivity index (χ1) is 18.9. The number of para-hydroxylation sites is 1. The summed E-state index contributed by atoms with van der Waals surface area (Å²) in [7, 11) is -3.76. The number of rotatable bonds is 4. The number of thioether (sulfide) groups is 1. The fraction of sp³-hybridized carbons (Fsp3) is 0.333. The van der Waals surface area contributed by atoms with E-state index < -0.39 is 44.6 Å². The van der Waals surface area contributed by atoms with Crippen molar-refractivity contribution in [2.24, 2.45) is 11.8 Å². The first kappa shape index (κ1) is 23.7. The molecule has 3 heterocycles. The van der Waals surface area contributed by atoms with Gasteiger partial charge in [0.25, 0.3) is 0 Å². The highest BCUT2D eigenvalue weighted by molar-refractivity contribution is 8.03. The summed E-state index contributed by atoms with van der Waals surface area (Å²) in [5.41, 5.74) is 4.83. The Bertz CT molecular complexity index is 1580. The predicted octanol–water partition coefficient (Wildman–Crippen LogP) is 3.59. The summed E-state index contributed by atoms with van der Waals surface area (Å²) in [6, 6.07) is 24.7. The van der Waals surface area contributed by atoms with Crippen molar-refractivity contribution in [3.8, 4) is 5.75 Å². The molecule has 3 aromatic carbocycles. The molecule has 39 heavy (non-hydrogen) atoms. The molecular formula is C30H25NO6S2. The number of hydrogen-bond donors (Lipinski definition) is 1. The van der Waals surface area contributed by atoms with Crippen LogP contribution in [-0.2, 0) is 24.3 Å². The Hall–Kier alpha value is -3.14. The number of benzene rings is 3. The van der Waals surface area contributed by atoms with Crippen LogP contribution in [0.3, 0.4) is 0 Å². The molecule has 3 aromatic rings. The summed E-state index contributed by atoms with van der Waals surface area (Å²) in [6.45, 7) is 0. The van der Waals surface area contributed by atoms with E-state index in [9.17, 15) is 18.0 Å². The molecule has 0 amide bonds. The average molecular weight is 560 g/mol. The molecule has 9 rings (SSSR count).